The number of rotatable bonds is 5. The van der Waals surface area contributed by atoms with Crippen LogP contribution in [-0.2, 0) is 13.6 Å². The van der Waals surface area contributed by atoms with Crippen LogP contribution in [0.3, 0.4) is 0 Å². The molecular formula is C22H18ClN7O. The van der Waals surface area contributed by atoms with E-state index >= 15 is 0 Å². The smallest absolute Gasteiger partial charge is 0.255 e. The summed E-state index contributed by atoms with van der Waals surface area (Å²) in [6.45, 7) is 0.455. The van der Waals surface area contributed by atoms with Gasteiger partial charge >= 0.3 is 0 Å². The van der Waals surface area contributed by atoms with E-state index in [2.05, 4.69) is 25.6 Å². The molecule has 2 aromatic carbocycles. The summed E-state index contributed by atoms with van der Waals surface area (Å²) in [6, 6.07) is 13.4. The fourth-order valence-electron chi connectivity index (χ4n) is 3.44. The van der Waals surface area contributed by atoms with Crippen molar-refractivity contribution in [3.8, 4) is 28.4 Å². The van der Waals surface area contributed by atoms with Gasteiger partial charge in [-0.25, -0.2) is 9.97 Å². The average Bonchev–Trinajstić information content (AvgIpc) is 3.42. The van der Waals surface area contributed by atoms with Gasteiger partial charge in [-0.2, -0.15) is 10.2 Å². The Morgan fingerprint density at radius 3 is 2.65 bits per heavy atom. The van der Waals surface area contributed by atoms with E-state index in [-0.39, 0.29) is 5.88 Å². The largest absolute Gasteiger partial charge is 0.491 e. The van der Waals surface area contributed by atoms with Crippen LogP contribution >= 0.6 is 11.6 Å². The SMILES string of the molecule is Cn1cc(CNc2nc(-c3ccccc3)c(-c3cc(Cl)c4[nH]ncc4c3)nc2O)cn1. The van der Waals surface area contributed by atoms with Gasteiger partial charge in [0.15, 0.2) is 5.82 Å². The van der Waals surface area contributed by atoms with Crippen LogP contribution in [0, 0.1) is 0 Å². The first-order valence-corrected chi connectivity index (χ1v) is 9.97. The highest BCUT2D eigenvalue weighted by Crippen LogP contribution is 2.36. The number of fused-ring (bicyclic) bond motifs is 1. The molecule has 3 heterocycles. The van der Waals surface area contributed by atoms with E-state index in [1.165, 1.54) is 0 Å². The van der Waals surface area contributed by atoms with Gasteiger partial charge in [-0.3, -0.25) is 9.78 Å². The van der Waals surface area contributed by atoms with Gasteiger partial charge in [0.1, 0.15) is 5.69 Å². The van der Waals surface area contributed by atoms with E-state index in [0.717, 1.165) is 27.6 Å². The number of nitrogens with zero attached hydrogens (tertiary/aromatic N) is 5. The fraction of sp³-hybridized carbons (Fsp3) is 0.0909. The van der Waals surface area contributed by atoms with Crippen LogP contribution in [0.2, 0.25) is 5.02 Å². The topological polar surface area (TPSA) is 105 Å². The summed E-state index contributed by atoms with van der Waals surface area (Å²) < 4.78 is 1.72. The zero-order valence-corrected chi connectivity index (χ0v) is 17.3. The van der Waals surface area contributed by atoms with Crippen molar-refractivity contribution >= 4 is 28.3 Å². The van der Waals surface area contributed by atoms with Crippen LogP contribution in [0.1, 0.15) is 5.56 Å². The molecule has 0 bridgehead atoms. The average molecular weight is 432 g/mol. The van der Waals surface area contributed by atoms with E-state index in [1.54, 1.807) is 23.1 Å². The molecule has 0 atom stereocenters. The Bertz CT molecular complexity index is 1380. The third-order valence-corrected chi connectivity index (χ3v) is 5.22. The Labute approximate surface area is 182 Å². The molecule has 0 aliphatic carbocycles. The van der Waals surface area contributed by atoms with Crippen molar-refractivity contribution in [1.82, 2.24) is 29.9 Å². The minimum atomic E-state index is -0.193. The van der Waals surface area contributed by atoms with Gasteiger partial charge in [0.05, 0.1) is 28.6 Å². The number of aryl methyl sites for hydroxylation is 1. The molecule has 0 fully saturated rings. The van der Waals surface area contributed by atoms with Crippen LogP contribution in [0.15, 0.2) is 61.1 Å². The quantitative estimate of drug-likeness (QED) is 0.381. The molecule has 3 aromatic heterocycles. The number of aromatic amines is 1. The van der Waals surface area contributed by atoms with Gasteiger partial charge in [-0.15, -0.1) is 0 Å². The number of hydrogen-bond donors (Lipinski definition) is 3. The number of halogens is 1. The number of aromatic nitrogens is 6. The summed E-state index contributed by atoms with van der Waals surface area (Å²) in [5.74, 6) is 0.101. The first-order valence-electron chi connectivity index (χ1n) is 9.59. The highest BCUT2D eigenvalue weighted by molar-refractivity contribution is 6.35. The molecular weight excluding hydrogens is 414 g/mol. The summed E-state index contributed by atoms with van der Waals surface area (Å²) in [5, 5.41) is 26.3. The molecule has 0 spiro atoms. The Morgan fingerprint density at radius 1 is 1.06 bits per heavy atom. The fourth-order valence-corrected chi connectivity index (χ4v) is 3.71. The Morgan fingerprint density at radius 2 is 1.87 bits per heavy atom. The second kappa shape index (κ2) is 7.73. The molecule has 154 valence electrons. The first kappa shape index (κ1) is 19.1. The van der Waals surface area contributed by atoms with Crippen LogP contribution in [-0.4, -0.2) is 35.1 Å². The van der Waals surface area contributed by atoms with Crippen molar-refractivity contribution in [2.45, 2.75) is 6.54 Å². The number of nitrogens with one attached hydrogen (secondary N) is 2. The van der Waals surface area contributed by atoms with Gasteiger partial charge in [0, 0.05) is 41.9 Å². The molecule has 0 saturated heterocycles. The summed E-state index contributed by atoms with van der Waals surface area (Å²) in [4.78, 5) is 9.21. The maximum atomic E-state index is 10.6. The van der Waals surface area contributed by atoms with Crippen molar-refractivity contribution in [3.05, 3.63) is 71.6 Å². The van der Waals surface area contributed by atoms with Crippen molar-refractivity contribution in [3.63, 3.8) is 0 Å². The predicted molar refractivity (Wildman–Crippen MR) is 120 cm³/mol. The summed E-state index contributed by atoms with van der Waals surface area (Å²) in [5.41, 5.74) is 4.48. The van der Waals surface area contributed by atoms with Crippen molar-refractivity contribution in [1.29, 1.82) is 0 Å². The molecule has 0 unspecified atom stereocenters. The van der Waals surface area contributed by atoms with Crippen molar-refractivity contribution in [2.24, 2.45) is 7.05 Å². The molecule has 0 aliphatic rings. The number of benzene rings is 2. The molecule has 5 aromatic rings. The van der Waals surface area contributed by atoms with Gasteiger partial charge in [-0.05, 0) is 12.1 Å². The third kappa shape index (κ3) is 3.69. The van der Waals surface area contributed by atoms with Gasteiger partial charge in [0.2, 0.25) is 0 Å². The molecule has 8 nitrogen and oxygen atoms in total. The standard InChI is InChI=1S/C22H18ClN7O/c1-30-12-13(10-26-30)9-24-21-22(31)28-20(19(27-21)14-5-3-2-4-6-14)15-7-16-11-25-29-18(16)17(23)8-15/h2-8,10-12H,9H2,1H3,(H,24,27)(H,25,29)(H,28,31). The Kier molecular flexibility index (Phi) is 4.76. The Hall–Kier alpha value is -3.91. The maximum Gasteiger partial charge on any atom is 0.255 e. The molecule has 5 rings (SSSR count). The molecule has 0 amide bonds. The zero-order chi connectivity index (χ0) is 21.4. The maximum absolute atomic E-state index is 10.6. The lowest BCUT2D eigenvalue weighted by atomic mass is 10.0. The second-order valence-electron chi connectivity index (χ2n) is 7.13. The summed E-state index contributed by atoms with van der Waals surface area (Å²) >= 11 is 6.44. The predicted octanol–water partition coefficient (Wildman–Crippen LogP) is 4.39. The number of H-pyrrole nitrogens is 1. The van der Waals surface area contributed by atoms with Gasteiger partial charge in [0.25, 0.3) is 5.88 Å². The number of anilines is 1. The molecule has 9 heteroatoms. The normalized spacial score (nSPS) is 11.2. The van der Waals surface area contributed by atoms with Gasteiger partial charge < -0.3 is 10.4 Å². The molecule has 0 aliphatic heterocycles. The van der Waals surface area contributed by atoms with Gasteiger partial charge in [-0.1, -0.05) is 41.9 Å². The summed E-state index contributed by atoms with van der Waals surface area (Å²) in [6.07, 6.45) is 5.35. The van der Waals surface area contributed by atoms with Crippen molar-refractivity contribution < 1.29 is 5.11 Å². The summed E-state index contributed by atoms with van der Waals surface area (Å²) in [7, 11) is 1.85. The Balaban J connectivity index is 1.62. The number of hydrogen-bond acceptors (Lipinski definition) is 6. The lowest BCUT2D eigenvalue weighted by Crippen LogP contribution is -2.04. The lowest BCUT2D eigenvalue weighted by Gasteiger charge is -2.13. The monoisotopic (exact) mass is 431 g/mol. The minimum Gasteiger partial charge on any atom is -0.491 e. The first-order chi connectivity index (χ1) is 15.1. The van der Waals surface area contributed by atoms with E-state index in [4.69, 9.17) is 16.6 Å². The van der Waals surface area contributed by atoms with E-state index < -0.39 is 0 Å². The lowest BCUT2D eigenvalue weighted by molar-refractivity contribution is 0.454. The van der Waals surface area contributed by atoms with E-state index in [0.29, 0.717) is 28.8 Å². The molecule has 0 saturated carbocycles. The van der Waals surface area contributed by atoms with Crippen LogP contribution in [0.4, 0.5) is 5.82 Å². The molecule has 3 N–H and O–H groups in total. The van der Waals surface area contributed by atoms with E-state index in [1.807, 2.05) is 49.6 Å². The highest BCUT2D eigenvalue weighted by Gasteiger charge is 2.18. The second-order valence-corrected chi connectivity index (χ2v) is 7.53. The minimum absolute atomic E-state index is 0.193. The van der Waals surface area contributed by atoms with E-state index in [9.17, 15) is 5.11 Å². The van der Waals surface area contributed by atoms with Crippen LogP contribution in [0.5, 0.6) is 5.88 Å². The van der Waals surface area contributed by atoms with Crippen molar-refractivity contribution in [2.75, 3.05) is 5.32 Å². The third-order valence-electron chi connectivity index (χ3n) is 4.92. The van der Waals surface area contributed by atoms with Crippen LogP contribution < -0.4 is 5.32 Å². The molecule has 0 radical (unpaired) electrons. The molecule has 31 heavy (non-hydrogen) atoms. The zero-order valence-electron chi connectivity index (χ0n) is 16.5. The highest BCUT2D eigenvalue weighted by atomic mass is 35.5. The number of aromatic hydroxyl groups is 1. The van der Waals surface area contributed by atoms with Crippen LogP contribution in [0.25, 0.3) is 33.4 Å².